The summed E-state index contributed by atoms with van der Waals surface area (Å²) in [6.45, 7) is 0.441. The van der Waals surface area contributed by atoms with E-state index in [1.165, 1.54) is 18.2 Å². The van der Waals surface area contributed by atoms with Crippen LogP contribution in [0.1, 0.15) is 23.2 Å². The monoisotopic (exact) mass is 268 g/mol. The molecule has 0 aromatic heterocycles. The van der Waals surface area contributed by atoms with E-state index in [9.17, 15) is 14.7 Å². The van der Waals surface area contributed by atoms with Crippen molar-refractivity contribution in [3.8, 4) is 5.75 Å². The van der Waals surface area contributed by atoms with Crippen LogP contribution in [-0.2, 0) is 4.79 Å². The van der Waals surface area contributed by atoms with Gasteiger partial charge >= 0.3 is 0 Å². The molecule has 0 radical (unpaired) electrons. The van der Waals surface area contributed by atoms with Crippen molar-refractivity contribution in [2.45, 2.75) is 18.9 Å². The molecular weight excluding hydrogens is 256 g/mol. The predicted octanol–water partition coefficient (Wildman–Crippen LogP) is 1.05. The van der Waals surface area contributed by atoms with Crippen molar-refractivity contribution in [1.82, 2.24) is 10.6 Å². The first-order valence-corrected chi connectivity index (χ1v) is 6.00. The van der Waals surface area contributed by atoms with Crippen molar-refractivity contribution in [1.29, 1.82) is 0 Å². The molecule has 1 fully saturated rings. The van der Waals surface area contributed by atoms with Gasteiger partial charge in [-0.15, -0.1) is 0 Å². The molecule has 5 nitrogen and oxygen atoms in total. The SMILES string of the molecule is O=C1CCC(NC(=O)c2ccc(O)c(Cl)c2)CN1. The summed E-state index contributed by atoms with van der Waals surface area (Å²) in [5, 5.41) is 14.9. The van der Waals surface area contributed by atoms with Gasteiger partial charge in [0.15, 0.2) is 0 Å². The van der Waals surface area contributed by atoms with E-state index in [1.54, 1.807) is 0 Å². The molecule has 0 spiro atoms. The van der Waals surface area contributed by atoms with Gasteiger partial charge in [0.05, 0.1) is 5.02 Å². The van der Waals surface area contributed by atoms with E-state index >= 15 is 0 Å². The minimum Gasteiger partial charge on any atom is -0.506 e. The van der Waals surface area contributed by atoms with Crippen molar-refractivity contribution >= 4 is 23.4 Å². The average Bonchev–Trinajstić information content (AvgIpc) is 2.35. The van der Waals surface area contributed by atoms with Crippen LogP contribution in [0.25, 0.3) is 0 Å². The molecule has 18 heavy (non-hydrogen) atoms. The largest absolute Gasteiger partial charge is 0.506 e. The molecule has 1 aromatic rings. The second kappa shape index (κ2) is 5.27. The zero-order valence-corrected chi connectivity index (χ0v) is 10.3. The molecule has 2 rings (SSSR count). The maximum Gasteiger partial charge on any atom is 0.251 e. The van der Waals surface area contributed by atoms with E-state index in [0.717, 1.165) is 0 Å². The Labute approximate surface area is 109 Å². The lowest BCUT2D eigenvalue weighted by Crippen LogP contribution is -2.47. The Hall–Kier alpha value is -1.75. The molecule has 6 heteroatoms. The molecule has 3 N–H and O–H groups in total. The summed E-state index contributed by atoms with van der Waals surface area (Å²) in [6.07, 6.45) is 1.05. The number of aromatic hydroxyl groups is 1. The molecular formula is C12H13ClN2O3. The molecule has 1 atom stereocenters. The maximum absolute atomic E-state index is 11.9. The molecule has 1 heterocycles. The van der Waals surface area contributed by atoms with E-state index in [1.807, 2.05) is 0 Å². The zero-order valence-electron chi connectivity index (χ0n) is 9.57. The van der Waals surface area contributed by atoms with Crippen LogP contribution in [0, 0.1) is 0 Å². The van der Waals surface area contributed by atoms with Crippen LogP contribution in [0.2, 0.25) is 5.02 Å². The number of hydrogen-bond donors (Lipinski definition) is 3. The van der Waals surface area contributed by atoms with E-state index in [0.29, 0.717) is 24.9 Å². The van der Waals surface area contributed by atoms with Gasteiger partial charge in [0, 0.05) is 24.6 Å². The van der Waals surface area contributed by atoms with Crippen LogP contribution in [0.3, 0.4) is 0 Å². The number of amides is 2. The van der Waals surface area contributed by atoms with E-state index in [4.69, 9.17) is 11.6 Å². The van der Waals surface area contributed by atoms with Crippen molar-refractivity contribution in [3.05, 3.63) is 28.8 Å². The third-order valence-corrected chi connectivity index (χ3v) is 3.11. The van der Waals surface area contributed by atoms with Gasteiger partial charge in [-0.05, 0) is 24.6 Å². The number of phenolic OH excluding ortho intramolecular Hbond substituents is 1. The Balaban J connectivity index is 1.99. The van der Waals surface area contributed by atoms with Crippen LogP contribution in [-0.4, -0.2) is 29.5 Å². The molecule has 0 saturated carbocycles. The van der Waals surface area contributed by atoms with E-state index < -0.39 is 0 Å². The predicted molar refractivity (Wildman–Crippen MR) is 66.6 cm³/mol. The Kier molecular flexibility index (Phi) is 3.72. The first-order valence-electron chi connectivity index (χ1n) is 5.62. The number of benzene rings is 1. The molecule has 1 aliphatic heterocycles. The van der Waals surface area contributed by atoms with Crippen LogP contribution in [0.15, 0.2) is 18.2 Å². The first kappa shape index (κ1) is 12.7. The number of rotatable bonds is 2. The second-order valence-corrected chi connectivity index (χ2v) is 4.59. The molecule has 0 bridgehead atoms. The Morgan fingerprint density at radius 2 is 2.28 bits per heavy atom. The quantitative estimate of drug-likeness (QED) is 0.750. The Bertz CT molecular complexity index is 480. The highest BCUT2D eigenvalue weighted by molar-refractivity contribution is 6.32. The van der Waals surface area contributed by atoms with Crippen LogP contribution in [0.5, 0.6) is 5.75 Å². The van der Waals surface area contributed by atoms with Gasteiger partial charge in [-0.3, -0.25) is 9.59 Å². The second-order valence-electron chi connectivity index (χ2n) is 4.18. The van der Waals surface area contributed by atoms with Crippen molar-refractivity contribution in [3.63, 3.8) is 0 Å². The van der Waals surface area contributed by atoms with Gasteiger partial charge in [-0.1, -0.05) is 11.6 Å². The van der Waals surface area contributed by atoms with Crippen LogP contribution < -0.4 is 10.6 Å². The maximum atomic E-state index is 11.9. The van der Waals surface area contributed by atoms with Gasteiger partial charge in [0.25, 0.3) is 5.91 Å². The Morgan fingerprint density at radius 1 is 1.50 bits per heavy atom. The number of nitrogens with one attached hydrogen (secondary N) is 2. The normalized spacial score (nSPS) is 19.2. The fourth-order valence-corrected chi connectivity index (χ4v) is 1.95. The topological polar surface area (TPSA) is 78.4 Å². The summed E-state index contributed by atoms with van der Waals surface area (Å²) >= 11 is 5.73. The van der Waals surface area contributed by atoms with Gasteiger partial charge < -0.3 is 15.7 Å². The summed E-state index contributed by atoms with van der Waals surface area (Å²) in [4.78, 5) is 22.9. The molecule has 1 aromatic carbocycles. The van der Waals surface area contributed by atoms with Crippen LogP contribution in [0.4, 0.5) is 0 Å². The summed E-state index contributed by atoms with van der Waals surface area (Å²) in [6, 6.07) is 4.22. The van der Waals surface area contributed by atoms with Crippen LogP contribution >= 0.6 is 11.6 Å². The smallest absolute Gasteiger partial charge is 0.251 e. The molecule has 96 valence electrons. The van der Waals surface area contributed by atoms with Gasteiger partial charge in [0.1, 0.15) is 5.75 Å². The van der Waals surface area contributed by atoms with Crippen molar-refractivity contribution in [2.75, 3.05) is 6.54 Å². The van der Waals surface area contributed by atoms with Gasteiger partial charge in [0.2, 0.25) is 5.91 Å². The molecule has 1 saturated heterocycles. The van der Waals surface area contributed by atoms with Gasteiger partial charge in [-0.25, -0.2) is 0 Å². The summed E-state index contributed by atoms with van der Waals surface area (Å²) in [5.74, 6) is -0.315. The molecule has 1 aliphatic rings. The fourth-order valence-electron chi connectivity index (χ4n) is 1.77. The highest BCUT2D eigenvalue weighted by Crippen LogP contribution is 2.23. The van der Waals surface area contributed by atoms with Gasteiger partial charge in [-0.2, -0.15) is 0 Å². The molecule has 0 aliphatic carbocycles. The van der Waals surface area contributed by atoms with E-state index in [-0.39, 0.29) is 28.6 Å². The first-order chi connectivity index (χ1) is 8.56. The van der Waals surface area contributed by atoms with Crippen molar-refractivity contribution in [2.24, 2.45) is 0 Å². The number of carbonyl (C=O) groups excluding carboxylic acids is 2. The Morgan fingerprint density at radius 3 is 2.89 bits per heavy atom. The average molecular weight is 269 g/mol. The lowest BCUT2D eigenvalue weighted by Gasteiger charge is -2.23. The fraction of sp³-hybridized carbons (Fsp3) is 0.333. The standard InChI is InChI=1S/C12H13ClN2O3/c13-9-5-7(1-3-10(9)16)12(18)15-8-2-4-11(17)14-6-8/h1,3,5,8,16H,2,4,6H2,(H,14,17)(H,15,18). The molecule has 2 amide bonds. The van der Waals surface area contributed by atoms with E-state index in [2.05, 4.69) is 10.6 Å². The summed E-state index contributed by atoms with van der Waals surface area (Å²) < 4.78 is 0. The number of carbonyl (C=O) groups is 2. The number of hydrogen-bond acceptors (Lipinski definition) is 3. The summed E-state index contributed by atoms with van der Waals surface area (Å²) in [5.41, 5.74) is 0.384. The number of phenols is 1. The third kappa shape index (κ3) is 2.92. The number of piperidine rings is 1. The zero-order chi connectivity index (χ0) is 13.1. The highest BCUT2D eigenvalue weighted by atomic mass is 35.5. The minimum absolute atomic E-state index is 0.00757. The summed E-state index contributed by atoms with van der Waals surface area (Å²) in [7, 11) is 0. The van der Waals surface area contributed by atoms with Crippen molar-refractivity contribution < 1.29 is 14.7 Å². The third-order valence-electron chi connectivity index (χ3n) is 2.81. The lowest BCUT2D eigenvalue weighted by atomic mass is 10.1. The lowest BCUT2D eigenvalue weighted by molar-refractivity contribution is -0.122. The molecule has 1 unspecified atom stereocenters. The minimum atomic E-state index is -0.266. The number of halogens is 1. The highest BCUT2D eigenvalue weighted by Gasteiger charge is 2.20.